The van der Waals surface area contributed by atoms with Crippen LogP contribution in [0.2, 0.25) is 0 Å². The monoisotopic (exact) mass is 224 g/mol. The van der Waals surface area contributed by atoms with Crippen LogP contribution in [-0.2, 0) is 11.3 Å². The lowest BCUT2D eigenvalue weighted by Gasteiger charge is -2.18. The number of rotatable bonds is 2. The predicted octanol–water partition coefficient (Wildman–Crippen LogP) is 2.41. The van der Waals surface area contributed by atoms with Gasteiger partial charge in [0.25, 0.3) is 0 Å². The molecule has 2 nitrogen and oxygen atoms in total. The van der Waals surface area contributed by atoms with Gasteiger partial charge in [-0.05, 0) is 32.2 Å². The Bertz CT molecular complexity index is 363. The lowest BCUT2D eigenvalue weighted by atomic mass is 10.2. The van der Waals surface area contributed by atoms with Crippen molar-refractivity contribution in [2.45, 2.75) is 33.0 Å². The summed E-state index contributed by atoms with van der Waals surface area (Å²) in [6.45, 7) is 6.56. The molecule has 0 atom stereocenters. The van der Waals surface area contributed by atoms with Gasteiger partial charge in [-0.3, -0.25) is 0 Å². The third-order valence-electron chi connectivity index (χ3n) is 1.68. The minimum Gasteiger partial charge on any atom is -0.384 e. The topological polar surface area (TPSA) is 29.5 Å². The number of hydrogen-bond acceptors (Lipinski definition) is 3. The van der Waals surface area contributed by atoms with Gasteiger partial charge in [-0.15, -0.1) is 11.3 Å². The Balaban J connectivity index is 2.65. The Hall–Kier alpha value is -0.820. The van der Waals surface area contributed by atoms with Crippen LogP contribution >= 0.6 is 11.3 Å². The van der Waals surface area contributed by atoms with Crippen LogP contribution < -0.4 is 0 Å². The molecular formula is C12H16O2S. The first-order chi connectivity index (χ1) is 7.03. The van der Waals surface area contributed by atoms with E-state index in [1.54, 1.807) is 11.3 Å². The fourth-order valence-electron chi connectivity index (χ4n) is 0.981. The molecule has 3 heteroatoms. The largest absolute Gasteiger partial charge is 0.384 e. The van der Waals surface area contributed by atoms with Gasteiger partial charge in [-0.25, -0.2) is 0 Å². The van der Waals surface area contributed by atoms with E-state index in [0.29, 0.717) is 6.61 Å². The van der Waals surface area contributed by atoms with Gasteiger partial charge in [0.2, 0.25) is 0 Å². The summed E-state index contributed by atoms with van der Waals surface area (Å²) < 4.78 is 5.67. The normalized spacial score (nSPS) is 10.9. The van der Waals surface area contributed by atoms with Crippen molar-refractivity contribution in [2.75, 3.05) is 6.61 Å². The predicted molar refractivity (Wildman–Crippen MR) is 62.8 cm³/mol. The smallest absolute Gasteiger partial charge is 0.104 e. The number of aliphatic hydroxyl groups is 1. The zero-order valence-corrected chi connectivity index (χ0v) is 10.1. The van der Waals surface area contributed by atoms with Gasteiger partial charge in [0.05, 0.1) is 12.2 Å². The molecule has 0 aromatic carbocycles. The molecule has 0 bridgehead atoms. The minimum atomic E-state index is -0.133. The second kappa shape index (κ2) is 5.32. The lowest BCUT2D eigenvalue weighted by Crippen LogP contribution is -2.18. The maximum absolute atomic E-state index is 8.61. The molecule has 0 aliphatic rings. The highest BCUT2D eigenvalue weighted by Crippen LogP contribution is 2.19. The Morgan fingerprint density at radius 3 is 2.80 bits per heavy atom. The SMILES string of the molecule is CC(C)(C)OCc1sccc1C#CCO. The van der Waals surface area contributed by atoms with Gasteiger partial charge >= 0.3 is 0 Å². The van der Waals surface area contributed by atoms with Gasteiger partial charge in [-0.2, -0.15) is 0 Å². The summed E-state index contributed by atoms with van der Waals surface area (Å²) in [4.78, 5) is 1.12. The molecule has 0 unspecified atom stereocenters. The summed E-state index contributed by atoms with van der Waals surface area (Å²) in [6, 6.07) is 1.95. The summed E-state index contributed by atoms with van der Waals surface area (Å²) >= 11 is 1.63. The van der Waals surface area contributed by atoms with E-state index >= 15 is 0 Å². The van der Waals surface area contributed by atoms with Crippen molar-refractivity contribution in [1.29, 1.82) is 0 Å². The van der Waals surface area contributed by atoms with Crippen molar-refractivity contribution in [1.82, 2.24) is 0 Å². The number of ether oxygens (including phenoxy) is 1. The van der Waals surface area contributed by atoms with E-state index in [0.717, 1.165) is 10.4 Å². The minimum absolute atomic E-state index is 0.102. The molecule has 1 heterocycles. The molecule has 82 valence electrons. The Labute approximate surface area is 94.9 Å². The van der Waals surface area contributed by atoms with Crippen molar-refractivity contribution in [3.63, 3.8) is 0 Å². The number of hydrogen-bond donors (Lipinski definition) is 1. The molecule has 1 aromatic rings. The van der Waals surface area contributed by atoms with Gasteiger partial charge < -0.3 is 9.84 Å². The van der Waals surface area contributed by atoms with Crippen LogP contribution in [0.5, 0.6) is 0 Å². The van der Waals surface area contributed by atoms with Crippen LogP contribution in [0.3, 0.4) is 0 Å². The van der Waals surface area contributed by atoms with Crippen LogP contribution in [0.15, 0.2) is 11.4 Å². The maximum Gasteiger partial charge on any atom is 0.104 e. The summed E-state index contributed by atoms with van der Waals surface area (Å²) in [5.41, 5.74) is 0.823. The van der Waals surface area contributed by atoms with Gasteiger partial charge in [0.1, 0.15) is 6.61 Å². The molecule has 0 spiro atoms. The quantitative estimate of drug-likeness (QED) is 0.782. The number of thiophene rings is 1. The summed E-state index contributed by atoms with van der Waals surface area (Å²) in [7, 11) is 0. The highest BCUT2D eigenvalue weighted by molar-refractivity contribution is 7.10. The van der Waals surface area contributed by atoms with Crippen LogP contribution in [0.1, 0.15) is 31.2 Å². The highest BCUT2D eigenvalue weighted by Gasteiger charge is 2.11. The van der Waals surface area contributed by atoms with Crippen LogP contribution in [-0.4, -0.2) is 17.3 Å². The van der Waals surface area contributed by atoms with Gasteiger partial charge in [-0.1, -0.05) is 11.8 Å². The van der Waals surface area contributed by atoms with Crippen LogP contribution in [0.25, 0.3) is 0 Å². The van der Waals surface area contributed by atoms with Crippen molar-refractivity contribution < 1.29 is 9.84 Å². The second-order valence-corrected chi connectivity index (χ2v) is 5.12. The average Bonchev–Trinajstić information content (AvgIpc) is 2.57. The Morgan fingerprint density at radius 1 is 1.47 bits per heavy atom. The molecule has 0 radical (unpaired) electrons. The molecular weight excluding hydrogens is 208 g/mol. The summed E-state index contributed by atoms with van der Waals surface area (Å²) in [5.74, 6) is 5.55. The van der Waals surface area contributed by atoms with Gasteiger partial charge in [0.15, 0.2) is 0 Å². The lowest BCUT2D eigenvalue weighted by molar-refractivity contribution is -0.0137. The van der Waals surface area contributed by atoms with Crippen molar-refractivity contribution >= 4 is 11.3 Å². The molecule has 0 aliphatic carbocycles. The molecule has 1 aromatic heterocycles. The molecule has 0 fully saturated rings. The first-order valence-electron chi connectivity index (χ1n) is 4.83. The molecule has 0 amide bonds. The first-order valence-corrected chi connectivity index (χ1v) is 5.71. The van der Waals surface area contributed by atoms with Gasteiger partial charge in [0, 0.05) is 10.4 Å². The molecule has 0 saturated carbocycles. The summed E-state index contributed by atoms with van der Waals surface area (Å²) in [6.07, 6.45) is 0. The van der Waals surface area contributed by atoms with E-state index in [-0.39, 0.29) is 12.2 Å². The van der Waals surface area contributed by atoms with E-state index in [4.69, 9.17) is 9.84 Å². The van der Waals surface area contributed by atoms with E-state index in [9.17, 15) is 0 Å². The molecule has 1 N–H and O–H groups in total. The maximum atomic E-state index is 8.61. The second-order valence-electron chi connectivity index (χ2n) is 4.12. The fraction of sp³-hybridized carbons (Fsp3) is 0.500. The Morgan fingerprint density at radius 2 is 2.20 bits per heavy atom. The fourth-order valence-corrected chi connectivity index (χ4v) is 1.72. The molecule has 1 rings (SSSR count). The standard InChI is InChI=1S/C12H16O2S/c1-12(2,3)14-9-11-10(5-4-7-13)6-8-15-11/h6,8,13H,7,9H2,1-3H3. The third-order valence-corrected chi connectivity index (χ3v) is 2.58. The Kier molecular flexibility index (Phi) is 4.34. The van der Waals surface area contributed by atoms with E-state index in [1.165, 1.54) is 0 Å². The van der Waals surface area contributed by atoms with Crippen molar-refractivity contribution in [3.8, 4) is 11.8 Å². The van der Waals surface area contributed by atoms with Crippen LogP contribution in [0.4, 0.5) is 0 Å². The third kappa shape index (κ3) is 4.48. The number of aliphatic hydroxyl groups excluding tert-OH is 1. The zero-order valence-electron chi connectivity index (χ0n) is 9.33. The molecule has 0 saturated heterocycles. The van der Waals surface area contributed by atoms with Crippen molar-refractivity contribution in [3.05, 3.63) is 21.9 Å². The zero-order chi connectivity index (χ0) is 11.3. The highest BCUT2D eigenvalue weighted by atomic mass is 32.1. The summed E-state index contributed by atoms with van der Waals surface area (Å²) in [5, 5.41) is 10.6. The first kappa shape index (κ1) is 12.3. The van der Waals surface area contributed by atoms with Crippen molar-refractivity contribution in [2.24, 2.45) is 0 Å². The van der Waals surface area contributed by atoms with E-state index in [1.807, 2.05) is 32.2 Å². The average molecular weight is 224 g/mol. The molecule has 15 heavy (non-hydrogen) atoms. The van der Waals surface area contributed by atoms with E-state index < -0.39 is 0 Å². The van der Waals surface area contributed by atoms with Crippen LogP contribution in [0, 0.1) is 11.8 Å². The molecule has 0 aliphatic heterocycles. The van der Waals surface area contributed by atoms with E-state index in [2.05, 4.69) is 11.8 Å².